The van der Waals surface area contributed by atoms with Crippen molar-refractivity contribution in [1.82, 2.24) is 9.78 Å². The van der Waals surface area contributed by atoms with Crippen molar-refractivity contribution in [2.24, 2.45) is 7.05 Å². The van der Waals surface area contributed by atoms with E-state index in [4.69, 9.17) is 9.47 Å². The van der Waals surface area contributed by atoms with E-state index in [2.05, 4.69) is 10.4 Å². The van der Waals surface area contributed by atoms with Crippen molar-refractivity contribution in [2.45, 2.75) is 6.10 Å². The van der Waals surface area contributed by atoms with E-state index in [9.17, 15) is 4.79 Å². The van der Waals surface area contributed by atoms with Crippen molar-refractivity contribution in [2.75, 3.05) is 11.9 Å². The summed E-state index contributed by atoms with van der Waals surface area (Å²) in [6.07, 6.45) is -0.704. The van der Waals surface area contributed by atoms with E-state index in [-0.39, 0.29) is 12.5 Å². The molecular formula is C19H17N3O3. The molecule has 0 radical (unpaired) electrons. The predicted molar refractivity (Wildman–Crippen MR) is 93.6 cm³/mol. The van der Waals surface area contributed by atoms with Gasteiger partial charge in [0.25, 0.3) is 5.91 Å². The lowest BCUT2D eigenvalue weighted by Crippen LogP contribution is -2.40. The molecule has 0 spiro atoms. The third-order valence-corrected chi connectivity index (χ3v) is 4.00. The fourth-order valence-electron chi connectivity index (χ4n) is 2.69. The molecule has 2 aromatic carbocycles. The van der Waals surface area contributed by atoms with Gasteiger partial charge in [0.15, 0.2) is 11.5 Å². The van der Waals surface area contributed by atoms with Crippen LogP contribution >= 0.6 is 0 Å². The summed E-state index contributed by atoms with van der Waals surface area (Å²) in [6.45, 7) is 0.173. The van der Waals surface area contributed by atoms with E-state index < -0.39 is 6.10 Å². The first kappa shape index (κ1) is 15.3. The van der Waals surface area contributed by atoms with Gasteiger partial charge in [-0.25, -0.2) is 0 Å². The number of carbonyl (C=O) groups excluding carboxylic acids is 1. The van der Waals surface area contributed by atoms with Crippen molar-refractivity contribution in [3.8, 4) is 22.8 Å². The first-order valence-electron chi connectivity index (χ1n) is 7.99. The Bertz CT molecular complexity index is 905. The van der Waals surface area contributed by atoms with E-state index in [0.29, 0.717) is 17.3 Å². The van der Waals surface area contributed by atoms with Crippen LogP contribution < -0.4 is 14.8 Å². The summed E-state index contributed by atoms with van der Waals surface area (Å²) >= 11 is 0. The Labute approximate surface area is 145 Å². The van der Waals surface area contributed by atoms with Crippen LogP contribution in [-0.4, -0.2) is 28.4 Å². The molecule has 0 unspecified atom stereocenters. The SMILES string of the molecule is Cn1nc(-c2ccccc2)cc1NC(=O)[C@H]1COc2ccccc2O1. The standard InChI is InChI=1S/C19H17N3O3/c1-22-18(11-14(21-22)13-7-3-2-4-8-13)20-19(23)17-12-24-15-9-5-6-10-16(15)25-17/h2-11,17H,12H2,1H3,(H,20,23)/t17-/m1/s1. The molecule has 0 saturated heterocycles. The molecule has 4 rings (SSSR count). The molecule has 1 atom stereocenters. The zero-order valence-electron chi connectivity index (χ0n) is 13.7. The van der Waals surface area contributed by atoms with Crippen LogP contribution in [0.1, 0.15) is 0 Å². The second-order valence-corrected chi connectivity index (χ2v) is 5.76. The minimum atomic E-state index is -0.704. The maximum atomic E-state index is 12.5. The lowest BCUT2D eigenvalue weighted by molar-refractivity contribution is -0.125. The zero-order chi connectivity index (χ0) is 17.2. The van der Waals surface area contributed by atoms with Crippen LogP contribution in [-0.2, 0) is 11.8 Å². The molecule has 3 aromatic rings. The van der Waals surface area contributed by atoms with Crippen molar-refractivity contribution < 1.29 is 14.3 Å². The molecule has 1 aliphatic heterocycles. The molecule has 1 aromatic heterocycles. The second-order valence-electron chi connectivity index (χ2n) is 5.76. The second kappa shape index (κ2) is 6.32. The van der Waals surface area contributed by atoms with Crippen LogP contribution in [0.25, 0.3) is 11.3 Å². The van der Waals surface area contributed by atoms with Gasteiger partial charge < -0.3 is 14.8 Å². The molecule has 1 N–H and O–H groups in total. The van der Waals surface area contributed by atoms with Crippen LogP contribution in [0, 0.1) is 0 Å². The number of hydrogen-bond donors (Lipinski definition) is 1. The normalized spacial score (nSPS) is 15.6. The molecule has 126 valence electrons. The van der Waals surface area contributed by atoms with Gasteiger partial charge in [-0.15, -0.1) is 0 Å². The molecule has 0 bridgehead atoms. The number of carbonyl (C=O) groups is 1. The van der Waals surface area contributed by atoms with Crippen LogP contribution in [0.5, 0.6) is 11.5 Å². The summed E-state index contributed by atoms with van der Waals surface area (Å²) in [4.78, 5) is 12.5. The van der Waals surface area contributed by atoms with Gasteiger partial charge in [-0.05, 0) is 12.1 Å². The van der Waals surface area contributed by atoms with Gasteiger partial charge in [0.2, 0.25) is 6.10 Å². The van der Waals surface area contributed by atoms with Gasteiger partial charge in [-0.3, -0.25) is 9.48 Å². The molecule has 0 saturated carbocycles. The number of fused-ring (bicyclic) bond motifs is 1. The molecule has 6 heteroatoms. The largest absolute Gasteiger partial charge is 0.485 e. The summed E-state index contributed by atoms with van der Waals surface area (Å²) in [5, 5.41) is 7.30. The maximum absolute atomic E-state index is 12.5. The van der Waals surface area contributed by atoms with Gasteiger partial charge in [-0.1, -0.05) is 42.5 Å². The first-order valence-corrected chi connectivity index (χ1v) is 7.99. The van der Waals surface area contributed by atoms with Gasteiger partial charge in [0, 0.05) is 18.7 Å². The van der Waals surface area contributed by atoms with Gasteiger partial charge >= 0.3 is 0 Å². The highest BCUT2D eigenvalue weighted by atomic mass is 16.6. The summed E-state index contributed by atoms with van der Waals surface area (Å²) < 4.78 is 13.0. The molecule has 0 aliphatic carbocycles. The number of benzene rings is 2. The molecule has 1 amide bonds. The summed E-state index contributed by atoms with van der Waals surface area (Å²) in [7, 11) is 1.79. The Hall–Kier alpha value is -3.28. The predicted octanol–water partition coefficient (Wildman–Crippen LogP) is 2.87. The Balaban J connectivity index is 1.49. The van der Waals surface area contributed by atoms with Crippen LogP contribution in [0.15, 0.2) is 60.7 Å². The Morgan fingerprint density at radius 3 is 2.64 bits per heavy atom. The minimum absolute atomic E-state index is 0.173. The number of anilines is 1. The highest BCUT2D eigenvalue weighted by Crippen LogP contribution is 2.31. The van der Waals surface area contributed by atoms with Crippen molar-refractivity contribution >= 4 is 11.7 Å². The van der Waals surface area contributed by atoms with Crippen molar-refractivity contribution in [1.29, 1.82) is 0 Å². The number of aromatic nitrogens is 2. The van der Waals surface area contributed by atoms with E-state index in [1.807, 2.05) is 54.6 Å². The van der Waals surface area contributed by atoms with Crippen molar-refractivity contribution in [3.05, 3.63) is 60.7 Å². The van der Waals surface area contributed by atoms with Gasteiger partial charge in [-0.2, -0.15) is 5.10 Å². The number of aryl methyl sites for hydroxylation is 1. The van der Waals surface area contributed by atoms with Crippen LogP contribution in [0.4, 0.5) is 5.82 Å². The molecule has 25 heavy (non-hydrogen) atoms. The average molecular weight is 335 g/mol. The fourth-order valence-corrected chi connectivity index (χ4v) is 2.69. The molecule has 0 fully saturated rings. The fraction of sp³-hybridized carbons (Fsp3) is 0.158. The average Bonchev–Trinajstić information content (AvgIpc) is 3.02. The molecule has 2 heterocycles. The van der Waals surface area contributed by atoms with Crippen LogP contribution in [0.2, 0.25) is 0 Å². The zero-order valence-corrected chi connectivity index (χ0v) is 13.7. The topological polar surface area (TPSA) is 65.4 Å². The monoisotopic (exact) mass is 335 g/mol. The third-order valence-electron chi connectivity index (χ3n) is 4.00. The smallest absolute Gasteiger partial charge is 0.270 e. The maximum Gasteiger partial charge on any atom is 0.270 e. The van der Waals surface area contributed by atoms with E-state index in [1.165, 1.54) is 0 Å². The lowest BCUT2D eigenvalue weighted by atomic mass is 10.1. The highest BCUT2D eigenvalue weighted by Gasteiger charge is 2.28. The molecule has 6 nitrogen and oxygen atoms in total. The lowest BCUT2D eigenvalue weighted by Gasteiger charge is -2.25. The Morgan fingerprint density at radius 2 is 1.84 bits per heavy atom. The highest BCUT2D eigenvalue weighted by molar-refractivity contribution is 5.94. The van der Waals surface area contributed by atoms with Crippen LogP contribution in [0.3, 0.4) is 0 Å². The Morgan fingerprint density at radius 1 is 1.12 bits per heavy atom. The number of para-hydroxylation sites is 2. The number of rotatable bonds is 3. The number of hydrogen-bond acceptors (Lipinski definition) is 4. The van der Waals surface area contributed by atoms with Gasteiger partial charge in [0.1, 0.15) is 12.4 Å². The number of nitrogens with one attached hydrogen (secondary N) is 1. The van der Waals surface area contributed by atoms with E-state index >= 15 is 0 Å². The quantitative estimate of drug-likeness (QED) is 0.799. The summed E-state index contributed by atoms with van der Waals surface area (Å²) in [5.41, 5.74) is 1.79. The summed E-state index contributed by atoms with van der Waals surface area (Å²) in [5.74, 6) is 1.56. The molecule has 1 aliphatic rings. The molecular weight excluding hydrogens is 318 g/mol. The number of amides is 1. The van der Waals surface area contributed by atoms with E-state index in [1.54, 1.807) is 17.8 Å². The third kappa shape index (κ3) is 3.06. The van der Waals surface area contributed by atoms with Crippen molar-refractivity contribution in [3.63, 3.8) is 0 Å². The van der Waals surface area contributed by atoms with E-state index in [0.717, 1.165) is 11.3 Å². The Kier molecular flexibility index (Phi) is 3.85. The minimum Gasteiger partial charge on any atom is -0.485 e. The van der Waals surface area contributed by atoms with Gasteiger partial charge in [0.05, 0.1) is 5.69 Å². The number of ether oxygens (including phenoxy) is 2. The number of nitrogens with zero attached hydrogens (tertiary/aromatic N) is 2. The summed E-state index contributed by atoms with van der Waals surface area (Å²) in [6, 6.07) is 19.0. The first-order chi connectivity index (χ1) is 12.2.